The Kier molecular flexibility index (Phi) is 4.13. The van der Waals surface area contributed by atoms with E-state index < -0.39 is 0 Å². The van der Waals surface area contributed by atoms with E-state index in [1.807, 2.05) is 0 Å². The van der Waals surface area contributed by atoms with E-state index in [1.54, 1.807) is 7.11 Å². The lowest BCUT2D eigenvalue weighted by Crippen LogP contribution is -2.08. The molecule has 1 aliphatic rings. The second-order valence-corrected chi connectivity index (χ2v) is 9.51. The molecule has 0 radical (unpaired) electrons. The van der Waals surface area contributed by atoms with Crippen LogP contribution in [0, 0.1) is 6.92 Å². The van der Waals surface area contributed by atoms with Gasteiger partial charge in [0.2, 0.25) is 0 Å². The van der Waals surface area contributed by atoms with Gasteiger partial charge in [-0.05, 0) is 89.2 Å². The van der Waals surface area contributed by atoms with Crippen molar-refractivity contribution >= 4 is 32.6 Å². The topological polar surface area (TPSA) is 14.2 Å². The van der Waals surface area contributed by atoms with E-state index in [0.717, 1.165) is 18.6 Å². The van der Waals surface area contributed by atoms with Crippen molar-refractivity contribution in [2.24, 2.45) is 0 Å². The second-order valence-electron chi connectivity index (χ2n) is 9.51. The summed E-state index contributed by atoms with van der Waals surface area (Å²) in [5.41, 5.74) is 10.7. The molecule has 0 bridgehead atoms. The van der Waals surface area contributed by atoms with Crippen LogP contribution in [0.3, 0.4) is 0 Å². The summed E-state index contributed by atoms with van der Waals surface area (Å²) in [7, 11) is 1.73. The predicted molar refractivity (Wildman–Crippen MR) is 142 cm³/mol. The summed E-state index contributed by atoms with van der Waals surface area (Å²) in [5.74, 6) is 0.889. The Morgan fingerprint density at radius 3 is 2.26 bits per heavy atom. The SMILES string of the molecule is COc1ccc2c(c1)c1ccccc1n2-c1ccc2c(c1)Cc1cc3ccc(C)cc3cc1C2. The monoisotopic (exact) mass is 439 g/mol. The lowest BCUT2D eigenvalue weighted by Gasteiger charge is -2.22. The van der Waals surface area contributed by atoms with Crippen LogP contribution in [0.15, 0.2) is 91.0 Å². The molecule has 0 fully saturated rings. The molecule has 0 unspecified atom stereocenters. The molecular weight excluding hydrogens is 414 g/mol. The molecular formula is C32H25NO. The third-order valence-corrected chi connectivity index (χ3v) is 7.40. The van der Waals surface area contributed by atoms with E-state index in [2.05, 4.69) is 102 Å². The summed E-state index contributed by atoms with van der Waals surface area (Å²) >= 11 is 0. The first-order chi connectivity index (χ1) is 16.7. The molecule has 0 amide bonds. The number of para-hydroxylation sites is 1. The number of ether oxygens (including phenoxy) is 1. The first-order valence-electron chi connectivity index (χ1n) is 11.9. The standard InChI is InChI=1S/C32H25NO/c1-20-7-8-21-14-25-17-26-18-27(10-9-22(26)15-24(25)16-23(21)13-20)33-31-6-4-3-5-29(31)30-19-28(34-2)11-12-32(30)33/h3-14,16,18-19H,15,17H2,1-2H3. The van der Waals surface area contributed by atoms with E-state index in [1.165, 1.54) is 66.1 Å². The molecule has 0 atom stereocenters. The fourth-order valence-corrected chi connectivity index (χ4v) is 5.70. The maximum Gasteiger partial charge on any atom is 0.119 e. The van der Waals surface area contributed by atoms with Gasteiger partial charge in [0.15, 0.2) is 0 Å². The van der Waals surface area contributed by atoms with Crippen LogP contribution in [0.4, 0.5) is 0 Å². The zero-order valence-corrected chi connectivity index (χ0v) is 19.4. The van der Waals surface area contributed by atoms with E-state index in [-0.39, 0.29) is 0 Å². The molecule has 0 N–H and O–H groups in total. The molecule has 2 nitrogen and oxygen atoms in total. The van der Waals surface area contributed by atoms with Crippen LogP contribution in [0.25, 0.3) is 38.3 Å². The number of aryl methyl sites for hydroxylation is 1. The molecule has 5 aromatic carbocycles. The van der Waals surface area contributed by atoms with Gasteiger partial charge in [0.25, 0.3) is 0 Å². The summed E-state index contributed by atoms with van der Waals surface area (Å²) in [4.78, 5) is 0. The summed E-state index contributed by atoms with van der Waals surface area (Å²) in [5, 5.41) is 5.15. The Hall–Kier alpha value is -4.04. The molecule has 0 aliphatic heterocycles. The van der Waals surface area contributed by atoms with Crippen LogP contribution >= 0.6 is 0 Å². The van der Waals surface area contributed by atoms with Gasteiger partial charge in [0.05, 0.1) is 18.1 Å². The third kappa shape index (κ3) is 2.88. The van der Waals surface area contributed by atoms with E-state index in [9.17, 15) is 0 Å². The van der Waals surface area contributed by atoms with Gasteiger partial charge in [-0.3, -0.25) is 0 Å². The Balaban J connectivity index is 1.39. The Morgan fingerprint density at radius 2 is 1.38 bits per heavy atom. The molecule has 0 saturated heterocycles. The molecule has 7 rings (SSSR count). The predicted octanol–water partition coefficient (Wildman–Crippen LogP) is 7.75. The van der Waals surface area contributed by atoms with Crippen LogP contribution in [-0.4, -0.2) is 11.7 Å². The summed E-state index contributed by atoms with van der Waals surface area (Å²) in [6, 6.07) is 33.6. The highest BCUT2D eigenvalue weighted by Gasteiger charge is 2.19. The zero-order chi connectivity index (χ0) is 22.8. The van der Waals surface area contributed by atoms with Crippen LogP contribution in [0.2, 0.25) is 0 Å². The second kappa shape index (κ2) is 7.23. The van der Waals surface area contributed by atoms with Crippen molar-refractivity contribution in [3.8, 4) is 11.4 Å². The fraction of sp³-hybridized carbons (Fsp3) is 0.125. The number of benzene rings is 5. The highest BCUT2D eigenvalue weighted by atomic mass is 16.5. The van der Waals surface area contributed by atoms with Crippen molar-refractivity contribution in [1.82, 2.24) is 4.57 Å². The molecule has 2 heteroatoms. The lowest BCUT2D eigenvalue weighted by molar-refractivity contribution is 0.415. The Labute approximate surface area is 199 Å². The summed E-state index contributed by atoms with van der Waals surface area (Å²) in [6.07, 6.45) is 1.98. The molecule has 0 saturated carbocycles. The Morgan fingerprint density at radius 1 is 0.618 bits per heavy atom. The van der Waals surface area contributed by atoms with Crippen molar-refractivity contribution in [3.63, 3.8) is 0 Å². The lowest BCUT2D eigenvalue weighted by atomic mass is 9.84. The summed E-state index contributed by atoms with van der Waals surface area (Å²) in [6.45, 7) is 2.17. The third-order valence-electron chi connectivity index (χ3n) is 7.40. The number of aromatic nitrogens is 1. The minimum absolute atomic E-state index is 0.889. The summed E-state index contributed by atoms with van der Waals surface area (Å²) < 4.78 is 7.91. The number of fused-ring (bicyclic) bond motifs is 6. The largest absolute Gasteiger partial charge is 0.497 e. The fourth-order valence-electron chi connectivity index (χ4n) is 5.70. The number of hydrogen-bond acceptors (Lipinski definition) is 1. The number of rotatable bonds is 2. The van der Waals surface area contributed by atoms with Gasteiger partial charge >= 0.3 is 0 Å². The molecule has 34 heavy (non-hydrogen) atoms. The van der Waals surface area contributed by atoms with Crippen molar-refractivity contribution in [2.45, 2.75) is 19.8 Å². The van der Waals surface area contributed by atoms with Crippen LogP contribution < -0.4 is 4.74 Å². The van der Waals surface area contributed by atoms with Gasteiger partial charge in [0.1, 0.15) is 5.75 Å². The highest BCUT2D eigenvalue weighted by molar-refractivity contribution is 6.09. The number of methoxy groups -OCH3 is 1. The smallest absolute Gasteiger partial charge is 0.119 e. The van der Waals surface area contributed by atoms with Gasteiger partial charge in [-0.15, -0.1) is 0 Å². The normalized spacial score (nSPS) is 12.8. The minimum atomic E-state index is 0.889. The van der Waals surface area contributed by atoms with Crippen molar-refractivity contribution in [2.75, 3.05) is 7.11 Å². The minimum Gasteiger partial charge on any atom is -0.497 e. The first-order valence-corrected chi connectivity index (χ1v) is 11.9. The average Bonchev–Trinajstić information content (AvgIpc) is 3.19. The van der Waals surface area contributed by atoms with E-state index in [0.29, 0.717) is 0 Å². The van der Waals surface area contributed by atoms with Crippen LogP contribution in [0.1, 0.15) is 27.8 Å². The quantitative estimate of drug-likeness (QED) is 0.269. The van der Waals surface area contributed by atoms with Crippen molar-refractivity contribution in [3.05, 3.63) is 119 Å². The van der Waals surface area contributed by atoms with Gasteiger partial charge in [-0.1, -0.05) is 60.2 Å². The molecule has 1 aliphatic carbocycles. The molecule has 6 aromatic rings. The van der Waals surface area contributed by atoms with Gasteiger partial charge in [-0.25, -0.2) is 0 Å². The van der Waals surface area contributed by atoms with Gasteiger partial charge < -0.3 is 9.30 Å². The molecule has 164 valence electrons. The maximum absolute atomic E-state index is 5.52. The molecule has 1 aromatic heterocycles. The van der Waals surface area contributed by atoms with Crippen LogP contribution in [-0.2, 0) is 12.8 Å². The van der Waals surface area contributed by atoms with Crippen molar-refractivity contribution < 1.29 is 4.74 Å². The van der Waals surface area contributed by atoms with E-state index >= 15 is 0 Å². The van der Waals surface area contributed by atoms with E-state index in [4.69, 9.17) is 4.74 Å². The number of hydrogen-bond donors (Lipinski definition) is 0. The average molecular weight is 440 g/mol. The molecule has 1 heterocycles. The number of nitrogens with zero attached hydrogens (tertiary/aromatic N) is 1. The zero-order valence-electron chi connectivity index (χ0n) is 19.4. The van der Waals surface area contributed by atoms with Gasteiger partial charge in [0, 0.05) is 16.5 Å². The maximum atomic E-state index is 5.52. The van der Waals surface area contributed by atoms with Crippen molar-refractivity contribution in [1.29, 1.82) is 0 Å². The highest BCUT2D eigenvalue weighted by Crippen LogP contribution is 2.36. The first kappa shape index (κ1) is 19.4. The Bertz CT molecular complexity index is 1750. The molecule has 0 spiro atoms. The van der Waals surface area contributed by atoms with Gasteiger partial charge in [-0.2, -0.15) is 0 Å². The van der Waals surface area contributed by atoms with Crippen LogP contribution in [0.5, 0.6) is 5.75 Å².